The number of hydrogen-bond donors (Lipinski definition) is 1. The van der Waals surface area contributed by atoms with Crippen LogP contribution in [0.3, 0.4) is 0 Å². The van der Waals surface area contributed by atoms with Crippen molar-refractivity contribution in [2.45, 2.75) is 39.2 Å². The highest BCUT2D eigenvalue weighted by molar-refractivity contribution is 5.78. The van der Waals surface area contributed by atoms with Crippen LogP contribution in [0.1, 0.15) is 42.0 Å². The molecule has 3 rings (SSSR count). The molecule has 1 unspecified atom stereocenters. The molecular weight excluding hydrogens is 330 g/mol. The summed E-state index contributed by atoms with van der Waals surface area (Å²) in [5.41, 5.74) is 3.72. The number of carbonyl (C=O) groups excluding carboxylic acids is 2. The molecule has 1 aromatic carbocycles. The zero-order valence-corrected chi connectivity index (χ0v) is 15.8. The molecule has 1 N–H and O–H groups in total. The van der Waals surface area contributed by atoms with Gasteiger partial charge in [0.2, 0.25) is 5.91 Å². The van der Waals surface area contributed by atoms with Crippen LogP contribution in [0.25, 0.3) is 0 Å². The zero-order chi connectivity index (χ0) is 18.5. The first-order valence-corrected chi connectivity index (χ1v) is 9.53. The third kappa shape index (κ3) is 4.36. The molecule has 0 saturated carbocycles. The minimum absolute atomic E-state index is 0.0690. The average Bonchev–Trinajstić information content (AvgIpc) is 3.14. The van der Waals surface area contributed by atoms with Crippen LogP contribution in [0, 0.1) is 13.8 Å². The van der Waals surface area contributed by atoms with Crippen LogP contribution in [0.2, 0.25) is 0 Å². The molecule has 0 spiro atoms. The summed E-state index contributed by atoms with van der Waals surface area (Å²) < 4.78 is 5.26. The molecule has 1 aromatic rings. The molecule has 3 amide bonds. The zero-order valence-electron chi connectivity index (χ0n) is 15.8. The Kier molecular flexibility index (Phi) is 6.14. The van der Waals surface area contributed by atoms with Crippen molar-refractivity contribution in [1.29, 1.82) is 0 Å². The molecule has 26 heavy (non-hydrogen) atoms. The van der Waals surface area contributed by atoms with Gasteiger partial charge >= 0.3 is 6.03 Å². The molecule has 0 radical (unpaired) electrons. The number of hydrogen-bond acceptors (Lipinski definition) is 3. The lowest BCUT2D eigenvalue weighted by atomic mass is 9.99. The van der Waals surface area contributed by atoms with Crippen LogP contribution < -0.4 is 5.32 Å². The molecular formula is C20H29N3O3. The summed E-state index contributed by atoms with van der Waals surface area (Å²) >= 11 is 0. The van der Waals surface area contributed by atoms with E-state index in [1.165, 1.54) is 16.7 Å². The lowest BCUT2D eigenvalue weighted by Gasteiger charge is -2.28. The van der Waals surface area contributed by atoms with Crippen LogP contribution in [0.15, 0.2) is 18.2 Å². The molecule has 0 aromatic heterocycles. The minimum atomic E-state index is -0.0690. The third-order valence-corrected chi connectivity index (χ3v) is 5.41. The monoisotopic (exact) mass is 359 g/mol. The van der Waals surface area contributed by atoms with E-state index < -0.39 is 0 Å². The number of aryl methyl sites for hydroxylation is 2. The smallest absolute Gasteiger partial charge is 0.317 e. The number of likely N-dealkylation sites (tertiary alicyclic amines) is 1. The first-order valence-electron chi connectivity index (χ1n) is 9.53. The first kappa shape index (κ1) is 18.7. The van der Waals surface area contributed by atoms with Crippen molar-refractivity contribution >= 4 is 11.9 Å². The molecule has 0 bridgehead atoms. The van der Waals surface area contributed by atoms with Crippen LogP contribution in [-0.4, -0.2) is 61.1 Å². The molecule has 2 fully saturated rings. The lowest BCUT2D eigenvalue weighted by molar-refractivity contribution is -0.135. The van der Waals surface area contributed by atoms with Gasteiger partial charge in [-0.3, -0.25) is 4.79 Å². The number of nitrogens with zero attached hydrogens (tertiary/aromatic N) is 2. The second-order valence-electron chi connectivity index (χ2n) is 7.17. The molecule has 1 atom stereocenters. The lowest BCUT2D eigenvalue weighted by Crippen LogP contribution is -2.43. The first-order chi connectivity index (χ1) is 12.6. The summed E-state index contributed by atoms with van der Waals surface area (Å²) in [6.07, 6.45) is 2.34. The number of urea groups is 1. The Labute approximate surface area is 155 Å². The minimum Gasteiger partial charge on any atom is -0.378 e. The number of carbonyl (C=O) groups is 2. The van der Waals surface area contributed by atoms with Gasteiger partial charge in [-0.1, -0.05) is 18.2 Å². The Hall–Kier alpha value is -2.08. The van der Waals surface area contributed by atoms with Crippen LogP contribution in [-0.2, 0) is 9.53 Å². The Balaban J connectivity index is 1.51. The number of morpholine rings is 1. The molecule has 2 heterocycles. The van der Waals surface area contributed by atoms with Crippen LogP contribution in [0.4, 0.5) is 4.79 Å². The van der Waals surface area contributed by atoms with E-state index in [1.54, 1.807) is 0 Å². The topological polar surface area (TPSA) is 61.9 Å². The number of nitrogens with one attached hydrogen (secondary N) is 1. The van der Waals surface area contributed by atoms with Crippen molar-refractivity contribution in [2.24, 2.45) is 0 Å². The van der Waals surface area contributed by atoms with E-state index in [2.05, 4.69) is 37.4 Å². The van der Waals surface area contributed by atoms with Crippen molar-refractivity contribution in [2.75, 3.05) is 39.4 Å². The van der Waals surface area contributed by atoms with E-state index in [4.69, 9.17) is 4.74 Å². The van der Waals surface area contributed by atoms with E-state index in [1.807, 2.05) is 9.80 Å². The van der Waals surface area contributed by atoms with Gasteiger partial charge in [-0.2, -0.15) is 0 Å². The Morgan fingerprint density at radius 3 is 2.65 bits per heavy atom. The summed E-state index contributed by atoms with van der Waals surface area (Å²) in [6, 6.07) is 6.50. The van der Waals surface area contributed by atoms with Gasteiger partial charge in [0.25, 0.3) is 0 Å². The van der Waals surface area contributed by atoms with E-state index in [0.29, 0.717) is 39.3 Å². The van der Waals surface area contributed by atoms with Gasteiger partial charge < -0.3 is 19.9 Å². The highest BCUT2D eigenvalue weighted by Crippen LogP contribution is 2.32. The number of amides is 3. The molecule has 142 valence electrons. The van der Waals surface area contributed by atoms with Crippen LogP contribution in [0.5, 0.6) is 0 Å². The fourth-order valence-corrected chi connectivity index (χ4v) is 3.68. The van der Waals surface area contributed by atoms with E-state index in [-0.39, 0.29) is 18.0 Å². The number of ether oxygens (including phenoxy) is 1. The molecule has 2 aliphatic rings. The summed E-state index contributed by atoms with van der Waals surface area (Å²) in [6.45, 7) is 7.85. The number of rotatable bonds is 4. The van der Waals surface area contributed by atoms with Gasteiger partial charge in [-0.15, -0.1) is 0 Å². The molecule has 0 aliphatic carbocycles. The van der Waals surface area contributed by atoms with Gasteiger partial charge in [0.05, 0.1) is 19.3 Å². The second kappa shape index (κ2) is 8.54. The summed E-state index contributed by atoms with van der Waals surface area (Å²) in [7, 11) is 0. The van der Waals surface area contributed by atoms with Crippen molar-refractivity contribution in [3.05, 3.63) is 34.9 Å². The van der Waals surface area contributed by atoms with Crippen molar-refractivity contribution in [1.82, 2.24) is 15.1 Å². The van der Waals surface area contributed by atoms with Crippen molar-refractivity contribution in [3.8, 4) is 0 Å². The predicted octanol–water partition coefficient (Wildman–Crippen LogP) is 2.40. The Morgan fingerprint density at radius 2 is 1.92 bits per heavy atom. The highest BCUT2D eigenvalue weighted by atomic mass is 16.5. The maximum absolute atomic E-state index is 12.6. The second-order valence-corrected chi connectivity index (χ2v) is 7.17. The molecule has 2 saturated heterocycles. The Bertz CT molecular complexity index is 656. The summed E-state index contributed by atoms with van der Waals surface area (Å²) in [5, 5.41) is 2.93. The van der Waals surface area contributed by atoms with Gasteiger partial charge in [0.1, 0.15) is 0 Å². The third-order valence-electron chi connectivity index (χ3n) is 5.41. The predicted molar refractivity (Wildman–Crippen MR) is 100 cm³/mol. The maximum atomic E-state index is 12.6. The van der Waals surface area contributed by atoms with Gasteiger partial charge in [-0.25, -0.2) is 4.79 Å². The highest BCUT2D eigenvalue weighted by Gasteiger charge is 2.30. The fraction of sp³-hybridized carbons (Fsp3) is 0.600. The van der Waals surface area contributed by atoms with E-state index in [9.17, 15) is 9.59 Å². The number of benzene rings is 1. The van der Waals surface area contributed by atoms with Gasteiger partial charge in [0, 0.05) is 32.6 Å². The van der Waals surface area contributed by atoms with Crippen LogP contribution >= 0.6 is 0 Å². The average molecular weight is 359 g/mol. The summed E-state index contributed by atoms with van der Waals surface area (Å²) in [5.74, 6) is 0.0840. The Morgan fingerprint density at radius 1 is 1.15 bits per heavy atom. The van der Waals surface area contributed by atoms with E-state index >= 15 is 0 Å². The van der Waals surface area contributed by atoms with Crippen molar-refractivity contribution in [3.63, 3.8) is 0 Å². The molecule has 6 nitrogen and oxygen atoms in total. The van der Waals surface area contributed by atoms with Gasteiger partial charge in [-0.05, 0) is 43.4 Å². The normalized spacial score (nSPS) is 20.3. The van der Waals surface area contributed by atoms with E-state index in [0.717, 1.165) is 19.4 Å². The van der Waals surface area contributed by atoms with Crippen molar-refractivity contribution < 1.29 is 14.3 Å². The standard InChI is InChI=1S/C20H29N3O3/c1-15-5-6-17(14-16(15)2)18-4-3-9-23(18)20(25)21-8-7-19(24)22-10-12-26-13-11-22/h5-6,14,18H,3-4,7-13H2,1-2H3,(H,21,25). The van der Waals surface area contributed by atoms with Gasteiger partial charge in [0.15, 0.2) is 0 Å². The SMILES string of the molecule is Cc1ccc(C2CCCN2C(=O)NCCC(=O)N2CCOCC2)cc1C. The summed E-state index contributed by atoms with van der Waals surface area (Å²) in [4.78, 5) is 28.5. The maximum Gasteiger partial charge on any atom is 0.317 e. The largest absolute Gasteiger partial charge is 0.378 e. The quantitative estimate of drug-likeness (QED) is 0.898. The molecule has 2 aliphatic heterocycles. The fourth-order valence-electron chi connectivity index (χ4n) is 3.68. The molecule has 6 heteroatoms.